The maximum atomic E-state index is 5.41. The summed E-state index contributed by atoms with van der Waals surface area (Å²) in [6.07, 6.45) is 1.55. The fourth-order valence-electron chi connectivity index (χ4n) is 3.96. The smallest absolute Gasteiger partial charge is 0.119 e. The van der Waals surface area contributed by atoms with Crippen molar-refractivity contribution in [3.8, 4) is 5.75 Å². The SMILES string of the molecule is COc1ccc2c(c1)C1(C)CCN(Cc3ccccc3)C1N2. The van der Waals surface area contributed by atoms with Crippen molar-refractivity contribution in [3.05, 3.63) is 59.7 Å². The van der Waals surface area contributed by atoms with Gasteiger partial charge in [-0.05, 0) is 35.7 Å². The van der Waals surface area contributed by atoms with Crippen molar-refractivity contribution in [2.24, 2.45) is 0 Å². The number of methoxy groups -OCH3 is 1. The lowest BCUT2D eigenvalue weighted by atomic mass is 9.81. The van der Waals surface area contributed by atoms with E-state index >= 15 is 0 Å². The molecule has 0 bridgehead atoms. The molecular formula is C19H22N2O. The van der Waals surface area contributed by atoms with Crippen molar-refractivity contribution < 1.29 is 4.74 Å². The standard InChI is InChI=1S/C19H22N2O/c1-19-10-11-21(13-14-6-4-3-5-7-14)18(19)20-17-9-8-15(22-2)12-16(17)19/h3-9,12,18,20H,10-11,13H2,1-2H3. The molecule has 22 heavy (non-hydrogen) atoms. The van der Waals surface area contributed by atoms with Crippen LogP contribution in [0.15, 0.2) is 48.5 Å². The number of anilines is 1. The summed E-state index contributed by atoms with van der Waals surface area (Å²) in [5.74, 6) is 0.948. The van der Waals surface area contributed by atoms with Gasteiger partial charge in [0.15, 0.2) is 0 Å². The molecule has 2 aromatic rings. The molecule has 1 N–H and O–H groups in total. The van der Waals surface area contributed by atoms with Crippen molar-refractivity contribution in [2.45, 2.75) is 31.5 Å². The molecule has 0 aliphatic carbocycles. The molecule has 0 saturated carbocycles. The number of fused-ring (bicyclic) bond motifs is 3. The first kappa shape index (κ1) is 13.6. The molecule has 1 fully saturated rings. The third kappa shape index (κ3) is 2.00. The van der Waals surface area contributed by atoms with Crippen LogP contribution in [0, 0.1) is 0 Å². The summed E-state index contributed by atoms with van der Waals surface area (Å²) in [6.45, 7) is 4.50. The van der Waals surface area contributed by atoms with E-state index in [2.05, 4.69) is 59.6 Å². The summed E-state index contributed by atoms with van der Waals surface area (Å²) in [4.78, 5) is 2.56. The number of likely N-dealkylation sites (tertiary alicyclic amines) is 1. The van der Waals surface area contributed by atoms with Gasteiger partial charge in [0.1, 0.15) is 5.75 Å². The number of hydrogen-bond donors (Lipinski definition) is 1. The van der Waals surface area contributed by atoms with E-state index < -0.39 is 0 Å². The predicted octanol–water partition coefficient (Wildman–Crippen LogP) is 3.61. The molecule has 4 rings (SSSR count). The third-order valence-electron chi connectivity index (χ3n) is 5.25. The Morgan fingerprint density at radius 1 is 1.23 bits per heavy atom. The van der Waals surface area contributed by atoms with Crippen LogP contribution in [-0.2, 0) is 12.0 Å². The minimum atomic E-state index is 0.165. The summed E-state index contributed by atoms with van der Waals surface area (Å²) < 4.78 is 5.41. The van der Waals surface area contributed by atoms with Crippen LogP contribution >= 0.6 is 0 Å². The van der Waals surface area contributed by atoms with E-state index in [1.54, 1.807) is 7.11 Å². The lowest BCUT2D eigenvalue weighted by Gasteiger charge is -2.29. The van der Waals surface area contributed by atoms with Gasteiger partial charge in [-0.2, -0.15) is 0 Å². The Bertz CT molecular complexity index is 685. The fraction of sp³-hybridized carbons (Fsp3) is 0.368. The lowest BCUT2D eigenvalue weighted by Crippen LogP contribution is -2.41. The van der Waals surface area contributed by atoms with Crippen LogP contribution in [0.1, 0.15) is 24.5 Å². The number of nitrogens with one attached hydrogen (secondary N) is 1. The maximum Gasteiger partial charge on any atom is 0.119 e. The molecule has 114 valence electrons. The molecule has 2 aromatic carbocycles. The van der Waals surface area contributed by atoms with E-state index in [0.29, 0.717) is 6.17 Å². The Morgan fingerprint density at radius 3 is 2.82 bits per heavy atom. The molecule has 2 atom stereocenters. The summed E-state index contributed by atoms with van der Waals surface area (Å²) in [7, 11) is 1.74. The molecule has 2 unspecified atom stereocenters. The van der Waals surface area contributed by atoms with Gasteiger partial charge in [-0.1, -0.05) is 37.3 Å². The maximum absolute atomic E-state index is 5.41. The summed E-state index contributed by atoms with van der Waals surface area (Å²) in [5, 5.41) is 3.73. The molecule has 0 radical (unpaired) electrons. The molecule has 1 saturated heterocycles. The molecule has 3 nitrogen and oxygen atoms in total. The van der Waals surface area contributed by atoms with Crippen molar-refractivity contribution >= 4 is 5.69 Å². The van der Waals surface area contributed by atoms with Gasteiger partial charge in [0.25, 0.3) is 0 Å². The van der Waals surface area contributed by atoms with E-state index in [0.717, 1.165) is 18.8 Å². The fourth-order valence-corrected chi connectivity index (χ4v) is 3.96. The molecule has 2 aliphatic rings. The summed E-state index contributed by atoms with van der Waals surface area (Å²) in [5.41, 5.74) is 4.19. The highest BCUT2D eigenvalue weighted by atomic mass is 16.5. The minimum Gasteiger partial charge on any atom is -0.497 e. The van der Waals surface area contributed by atoms with Crippen LogP contribution in [0.4, 0.5) is 5.69 Å². The van der Waals surface area contributed by atoms with Crippen molar-refractivity contribution in [1.29, 1.82) is 0 Å². The first-order valence-electron chi connectivity index (χ1n) is 7.94. The Morgan fingerprint density at radius 2 is 2.05 bits per heavy atom. The molecule has 2 aliphatic heterocycles. The third-order valence-corrected chi connectivity index (χ3v) is 5.25. The second-order valence-corrected chi connectivity index (χ2v) is 6.58. The average molecular weight is 294 g/mol. The average Bonchev–Trinajstić information content (AvgIpc) is 3.01. The van der Waals surface area contributed by atoms with E-state index in [1.165, 1.54) is 23.2 Å². The highest BCUT2D eigenvalue weighted by Crippen LogP contribution is 2.49. The molecule has 0 aromatic heterocycles. The molecule has 0 spiro atoms. The molecule has 2 heterocycles. The number of nitrogens with zero attached hydrogens (tertiary/aromatic N) is 1. The highest BCUT2D eigenvalue weighted by Gasteiger charge is 2.50. The van der Waals surface area contributed by atoms with E-state index in [1.807, 2.05) is 6.07 Å². The first-order chi connectivity index (χ1) is 10.7. The van der Waals surface area contributed by atoms with Crippen LogP contribution in [0.5, 0.6) is 5.75 Å². The monoisotopic (exact) mass is 294 g/mol. The summed E-state index contributed by atoms with van der Waals surface area (Å²) in [6, 6.07) is 17.1. The van der Waals surface area contributed by atoms with Gasteiger partial charge in [0, 0.05) is 24.2 Å². The van der Waals surface area contributed by atoms with Crippen LogP contribution in [0.3, 0.4) is 0 Å². The second-order valence-electron chi connectivity index (χ2n) is 6.58. The normalized spacial score (nSPS) is 26.4. The number of ether oxygens (including phenoxy) is 1. The van der Waals surface area contributed by atoms with Crippen LogP contribution < -0.4 is 10.1 Å². The predicted molar refractivity (Wildman–Crippen MR) is 89.2 cm³/mol. The van der Waals surface area contributed by atoms with E-state index in [4.69, 9.17) is 4.74 Å². The lowest BCUT2D eigenvalue weighted by molar-refractivity contribution is 0.239. The van der Waals surface area contributed by atoms with E-state index in [-0.39, 0.29) is 5.41 Å². The Kier molecular flexibility index (Phi) is 3.12. The molecule has 0 amide bonds. The van der Waals surface area contributed by atoms with Gasteiger partial charge in [0.05, 0.1) is 13.3 Å². The van der Waals surface area contributed by atoms with Gasteiger partial charge in [-0.15, -0.1) is 0 Å². The molecular weight excluding hydrogens is 272 g/mol. The zero-order chi connectivity index (χ0) is 15.2. The number of rotatable bonds is 3. The highest BCUT2D eigenvalue weighted by molar-refractivity contribution is 5.64. The quantitative estimate of drug-likeness (QED) is 0.936. The topological polar surface area (TPSA) is 24.5 Å². The Hall–Kier alpha value is -2.00. The van der Waals surface area contributed by atoms with Gasteiger partial charge in [0.2, 0.25) is 0 Å². The van der Waals surface area contributed by atoms with Gasteiger partial charge >= 0.3 is 0 Å². The summed E-state index contributed by atoms with van der Waals surface area (Å²) >= 11 is 0. The Labute approximate surface area is 131 Å². The number of benzene rings is 2. The van der Waals surface area contributed by atoms with Crippen LogP contribution in [0.2, 0.25) is 0 Å². The van der Waals surface area contributed by atoms with Crippen LogP contribution in [-0.4, -0.2) is 24.7 Å². The van der Waals surface area contributed by atoms with Crippen LogP contribution in [0.25, 0.3) is 0 Å². The van der Waals surface area contributed by atoms with Gasteiger partial charge < -0.3 is 10.1 Å². The molecule has 3 heteroatoms. The van der Waals surface area contributed by atoms with Crippen molar-refractivity contribution in [1.82, 2.24) is 4.90 Å². The zero-order valence-corrected chi connectivity index (χ0v) is 13.2. The second kappa shape index (κ2) is 5.03. The van der Waals surface area contributed by atoms with Crippen molar-refractivity contribution in [3.63, 3.8) is 0 Å². The van der Waals surface area contributed by atoms with Gasteiger partial charge in [-0.3, -0.25) is 4.90 Å². The van der Waals surface area contributed by atoms with E-state index in [9.17, 15) is 0 Å². The number of hydrogen-bond acceptors (Lipinski definition) is 3. The zero-order valence-electron chi connectivity index (χ0n) is 13.2. The van der Waals surface area contributed by atoms with Crippen molar-refractivity contribution in [2.75, 3.05) is 19.0 Å². The van der Waals surface area contributed by atoms with Gasteiger partial charge in [-0.25, -0.2) is 0 Å². The first-order valence-corrected chi connectivity index (χ1v) is 7.94. The Balaban J connectivity index is 1.63. The minimum absolute atomic E-state index is 0.165. The largest absolute Gasteiger partial charge is 0.497 e.